The van der Waals surface area contributed by atoms with Crippen molar-refractivity contribution in [1.29, 1.82) is 0 Å². The first-order valence-corrected chi connectivity index (χ1v) is 10.6. The molecule has 26 heavy (non-hydrogen) atoms. The van der Waals surface area contributed by atoms with Crippen LogP contribution in [0.5, 0.6) is 0 Å². The van der Waals surface area contributed by atoms with Crippen LogP contribution in [0.3, 0.4) is 0 Å². The maximum atomic E-state index is 13.3. The third-order valence-electron chi connectivity index (χ3n) is 4.97. The highest BCUT2D eigenvalue weighted by atomic mass is 35.5. The standard InChI is InChI=1S/C19H19ClN2O3S/c1-12-7-13(2)9-14(8-12)21-17-10-26(24,25)11-18(17)22(19(21)23)16-6-4-3-5-15(16)20/h3-9,17-18H,10-11H2,1-2H3/t17-,18+/m0/s1. The van der Waals surface area contributed by atoms with E-state index in [1.807, 2.05) is 32.0 Å². The molecular weight excluding hydrogens is 372 g/mol. The lowest BCUT2D eigenvalue weighted by molar-refractivity contribution is 0.255. The minimum atomic E-state index is -3.22. The van der Waals surface area contributed by atoms with Crippen LogP contribution < -0.4 is 9.80 Å². The molecule has 4 rings (SSSR count). The first-order chi connectivity index (χ1) is 12.3. The lowest BCUT2D eigenvalue weighted by atomic mass is 10.1. The normalized spacial score (nSPS) is 24.2. The van der Waals surface area contributed by atoms with E-state index in [2.05, 4.69) is 0 Å². The van der Waals surface area contributed by atoms with Crippen LogP contribution in [0.1, 0.15) is 11.1 Å². The van der Waals surface area contributed by atoms with Gasteiger partial charge in [-0.2, -0.15) is 0 Å². The van der Waals surface area contributed by atoms with Gasteiger partial charge in [-0.1, -0.05) is 29.8 Å². The number of hydrogen-bond donors (Lipinski definition) is 0. The Labute approximate surface area is 158 Å². The molecule has 7 heteroatoms. The van der Waals surface area contributed by atoms with Gasteiger partial charge in [-0.25, -0.2) is 13.2 Å². The molecular formula is C19H19ClN2O3S. The van der Waals surface area contributed by atoms with Crippen LogP contribution in [0.25, 0.3) is 0 Å². The van der Waals surface area contributed by atoms with Gasteiger partial charge in [0.15, 0.2) is 9.84 Å². The molecule has 0 N–H and O–H groups in total. The van der Waals surface area contributed by atoms with Crippen molar-refractivity contribution < 1.29 is 13.2 Å². The summed E-state index contributed by atoms with van der Waals surface area (Å²) >= 11 is 6.31. The molecule has 0 aliphatic carbocycles. The van der Waals surface area contributed by atoms with Crippen LogP contribution >= 0.6 is 11.6 Å². The molecule has 2 aromatic rings. The maximum absolute atomic E-state index is 13.3. The van der Waals surface area contributed by atoms with Crippen molar-refractivity contribution in [3.63, 3.8) is 0 Å². The zero-order valence-electron chi connectivity index (χ0n) is 14.5. The minimum Gasteiger partial charge on any atom is -0.288 e. The monoisotopic (exact) mass is 390 g/mol. The number of nitrogens with zero attached hydrogens (tertiary/aromatic N) is 2. The number of fused-ring (bicyclic) bond motifs is 1. The van der Waals surface area contributed by atoms with E-state index >= 15 is 0 Å². The smallest absolute Gasteiger partial charge is 0.288 e. The predicted octanol–water partition coefficient (Wildman–Crippen LogP) is 3.57. The van der Waals surface area contributed by atoms with Gasteiger partial charge < -0.3 is 0 Å². The van der Waals surface area contributed by atoms with Gasteiger partial charge in [0.2, 0.25) is 0 Å². The molecule has 136 valence electrons. The summed E-state index contributed by atoms with van der Waals surface area (Å²) in [6.07, 6.45) is 0. The van der Waals surface area contributed by atoms with Crippen molar-refractivity contribution in [2.24, 2.45) is 0 Å². The van der Waals surface area contributed by atoms with Gasteiger partial charge in [0.05, 0.1) is 34.3 Å². The van der Waals surface area contributed by atoms with Crippen LogP contribution in [0.15, 0.2) is 42.5 Å². The van der Waals surface area contributed by atoms with Crippen molar-refractivity contribution >= 4 is 38.8 Å². The third-order valence-corrected chi connectivity index (χ3v) is 6.98. The van der Waals surface area contributed by atoms with E-state index < -0.39 is 21.9 Å². The molecule has 2 aliphatic rings. The molecule has 2 atom stereocenters. The second-order valence-corrected chi connectivity index (χ2v) is 9.59. The Balaban J connectivity index is 1.86. The van der Waals surface area contributed by atoms with E-state index in [4.69, 9.17) is 11.6 Å². The Hall–Kier alpha value is -2.05. The zero-order chi connectivity index (χ0) is 18.6. The van der Waals surface area contributed by atoms with Gasteiger partial charge >= 0.3 is 6.03 Å². The highest BCUT2D eigenvalue weighted by Gasteiger charge is 2.54. The Morgan fingerprint density at radius 2 is 1.54 bits per heavy atom. The summed E-state index contributed by atoms with van der Waals surface area (Å²) in [6, 6.07) is 11.8. The summed E-state index contributed by atoms with van der Waals surface area (Å²) in [5, 5.41) is 0.436. The van der Waals surface area contributed by atoms with Gasteiger partial charge in [0.25, 0.3) is 0 Å². The largest absolute Gasteiger partial charge is 0.329 e. The Morgan fingerprint density at radius 1 is 0.962 bits per heavy atom. The van der Waals surface area contributed by atoms with Gasteiger partial charge in [0.1, 0.15) is 0 Å². The number of hydrogen-bond acceptors (Lipinski definition) is 3. The highest BCUT2D eigenvalue weighted by molar-refractivity contribution is 7.91. The second kappa shape index (κ2) is 5.99. The molecule has 0 spiro atoms. The molecule has 2 fully saturated rings. The van der Waals surface area contributed by atoms with Gasteiger partial charge in [-0.3, -0.25) is 9.80 Å². The minimum absolute atomic E-state index is 0.0304. The van der Waals surface area contributed by atoms with Crippen molar-refractivity contribution in [1.82, 2.24) is 0 Å². The summed E-state index contributed by atoms with van der Waals surface area (Å²) < 4.78 is 24.7. The molecule has 5 nitrogen and oxygen atoms in total. The van der Waals surface area contributed by atoms with Crippen molar-refractivity contribution in [3.8, 4) is 0 Å². The first kappa shape index (κ1) is 17.4. The lowest BCUT2D eigenvalue weighted by Crippen LogP contribution is -2.38. The van der Waals surface area contributed by atoms with Crippen LogP contribution in [-0.4, -0.2) is 38.0 Å². The number of benzene rings is 2. The number of halogens is 1. The van der Waals surface area contributed by atoms with Crippen LogP contribution in [0.2, 0.25) is 5.02 Å². The van der Waals surface area contributed by atoms with Crippen LogP contribution in [0.4, 0.5) is 16.2 Å². The predicted molar refractivity (Wildman–Crippen MR) is 104 cm³/mol. The third kappa shape index (κ3) is 2.77. The summed E-state index contributed by atoms with van der Waals surface area (Å²) in [4.78, 5) is 16.5. The molecule has 2 aromatic carbocycles. The van der Waals surface area contributed by atoms with Crippen molar-refractivity contribution in [3.05, 3.63) is 58.6 Å². The van der Waals surface area contributed by atoms with Crippen LogP contribution in [-0.2, 0) is 9.84 Å². The molecule has 0 aromatic heterocycles. The second-order valence-electron chi connectivity index (χ2n) is 7.03. The van der Waals surface area contributed by atoms with Gasteiger partial charge in [-0.15, -0.1) is 0 Å². The maximum Gasteiger partial charge on any atom is 0.329 e. The molecule has 0 radical (unpaired) electrons. The Kier molecular flexibility index (Phi) is 4.00. The number of anilines is 2. The van der Waals surface area contributed by atoms with Crippen molar-refractivity contribution in [2.45, 2.75) is 25.9 Å². The average molecular weight is 391 g/mol. The van der Waals surface area contributed by atoms with E-state index in [0.29, 0.717) is 10.7 Å². The summed E-state index contributed by atoms with van der Waals surface area (Å²) in [5.41, 5.74) is 3.34. The number of carbonyl (C=O) groups is 1. The van der Waals surface area contributed by atoms with Gasteiger partial charge in [-0.05, 0) is 49.2 Å². The Morgan fingerprint density at radius 3 is 2.15 bits per heavy atom. The first-order valence-electron chi connectivity index (χ1n) is 8.42. The van der Waals surface area contributed by atoms with E-state index in [-0.39, 0.29) is 17.5 Å². The number of amides is 2. The molecule has 0 bridgehead atoms. The molecule has 0 unspecified atom stereocenters. The van der Waals surface area contributed by atoms with Crippen molar-refractivity contribution in [2.75, 3.05) is 21.3 Å². The highest BCUT2D eigenvalue weighted by Crippen LogP contribution is 2.40. The van der Waals surface area contributed by atoms with E-state index in [1.54, 1.807) is 34.1 Å². The molecule has 2 heterocycles. The van der Waals surface area contributed by atoms with E-state index in [0.717, 1.165) is 16.8 Å². The number of para-hydroxylation sites is 1. The topological polar surface area (TPSA) is 57.7 Å². The number of carbonyl (C=O) groups excluding carboxylic acids is 1. The van der Waals surface area contributed by atoms with Gasteiger partial charge in [0, 0.05) is 5.69 Å². The summed E-state index contributed by atoms with van der Waals surface area (Å²) in [7, 11) is -3.22. The average Bonchev–Trinajstić information content (AvgIpc) is 2.96. The fourth-order valence-corrected chi connectivity index (χ4v) is 6.17. The fourth-order valence-electron chi connectivity index (χ4n) is 4.02. The molecule has 0 saturated carbocycles. The molecule has 2 amide bonds. The quantitative estimate of drug-likeness (QED) is 0.736. The van der Waals surface area contributed by atoms with E-state index in [9.17, 15) is 13.2 Å². The summed E-state index contributed by atoms with van der Waals surface area (Å²) in [6.45, 7) is 3.93. The lowest BCUT2D eigenvalue weighted by Gasteiger charge is -2.24. The zero-order valence-corrected chi connectivity index (χ0v) is 16.1. The number of rotatable bonds is 2. The number of aryl methyl sites for hydroxylation is 2. The Bertz CT molecular complexity index is 985. The van der Waals surface area contributed by atoms with E-state index in [1.165, 1.54) is 0 Å². The molecule has 2 saturated heterocycles. The molecule has 2 aliphatic heterocycles. The van der Waals surface area contributed by atoms with Crippen LogP contribution in [0, 0.1) is 13.8 Å². The summed E-state index contributed by atoms with van der Waals surface area (Å²) in [5.74, 6) is -0.0761. The number of sulfone groups is 1. The number of urea groups is 1. The SMILES string of the molecule is Cc1cc(C)cc(N2C(=O)N(c3ccccc3Cl)[C@@H]3CS(=O)(=O)C[C@@H]32)c1. The fraction of sp³-hybridized carbons (Fsp3) is 0.316.